The Morgan fingerprint density at radius 2 is 1.93 bits per heavy atom. The maximum Gasteiger partial charge on any atom is 0.255 e. The van der Waals surface area contributed by atoms with Gasteiger partial charge in [-0.1, -0.05) is 30.9 Å². The van der Waals surface area contributed by atoms with Crippen LogP contribution in [0.15, 0.2) is 23.0 Å². The second kappa shape index (κ2) is 9.56. The standard InChI is InChI=1S/C23H30ClN3O3/c1-14-10-15(2)26-23(29)19(14)13-25-22(28)18-11-16(24)12-20(21(18)30-4)27(3)17-8-6-5-7-9-17/h10-12,17H,5-9,13H2,1-4H3,(H,25,28)(H,26,29). The van der Waals surface area contributed by atoms with E-state index < -0.39 is 0 Å². The van der Waals surface area contributed by atoms with Gasteiger partial charge in [0.05, 0.1) is 18.4 Å². The Morgan fingerprint density at radius 1 is 1.23 bits per heavy atom. The molecule has 1 aromatic heterocycles. The molecule has 0 saturated heterocycles. The van der Waals surface area contributed by atoms with Crippen LogP contribution in [0.25, 0.3) is 0 Å². The molecule has 1 aromatic carbocycles. The molecule has 1 aliphatic carbocycles. The number of amides is 1. The number of nitrogens with one attached hydrogen (secondary N) is 2. The van der Waals surface area contributed by atoms with Crippen molar-refractivity contribution in [3.63, 3.8) is 0 Å². The predicted octanol–water partition coefficient (Wildman–Crippen LogP) is 4.35. The van der Waals surface area contributed by atoms with Gasteiger partial charge < -0.3 is 19.9 Å². The van der Waals surface area contributed by atoms with Gasteiger partial charge >= 0.3 is 0 Å². The number of halogens is 1. The van der Waals surface area contributed by atoms with Gasteiger partial charge in [-0.25, -0.2) is 0 Å². The summed E-state index contributed by atoms with van der Waals surface area (Å²) in [6, 6.07) is 5.75. The number of rotatable bonds is 6. The van der Waals surface area contributed by atoms with Crippen LogP contribution < -0.4 is 20.5 Å². The fourth-order valence-corrected chi connectivity index (χ4v) is 4.47. The molecule has 1 heterocycles. The molecule has 0 aliphatic heterocycles. The summed E-state index contributed by atoms with van der Waals surface area (Å²) in [5.74, 6) is 0.173. The van der Waals surface area contributed by atoms with Crippen LogP contribution in [0.1, 0.15) is 59.3 Å². The van der Waals surface area contributed by atoms with E-state index in [2.05, 4.69) is 15.2 Å². The van der Waals surface area contributed by atoms with E-state index in [4.69, 9.17) is 16.3 Å². The van der Waals surface area contributed by atoms with Gasteiger partial charge in [0, 0.05) is 35.9 Å². The highest BCUT2D eigenvalue weighted by Crippen LogP contribution is 2.38. The minimum atomic E-state index is -0.327. The van der Waals surface area contributed by atoms with Gasteiger partial charge in [0.2, 0.25) is 0 Å². The van der Waals surface area contributed by atoms with Crippen molar-refractivity contribution in [2.24, 2.45) is 0 Å². The number of methoxy groups -OCH3 is 1. The summed E-state index contributed by atoms with van der Waals surface area (Å²) in [6.07, 6.45) is 5.90. The molecule has 0 bridgehead atoms. The molecular weight excluding hydrogens is 402 g/mol. The lowest BCUT2D eigenvalue weighted by molar-refractivity contribution is 0.0947. The average molecular weight is 432 g/mol. The molecule has 162 valence electrons. The van der Waals surface area contributed by atoms with Crippen LogP contribution >= 0.6 is 11.6 Å². The fraction of sp³-hybridized carbons (Fsp3) is 0.478. The van der Waals surface area contributed by atoms with Crippen molar-refractivity contribution in [3.05, 3.63) is 56.0 Å². The van der Waals surface area contributed by atoms with Crippen LogP contribution in [-0.4, -0.2) is 31.1 Å². The molecule has 30 heavy (non-hydrogen) atoms. The summed E-state index contributed by atoms with van der Waals surface area (Å²) in [7, 11) is 3.59. The molecule has 2 N–H and O–H groups in total. The second-order valence-electron chi connectivity index (χ2n) is 8.03. The van der Waals surface area contributed by atoms with Crippen molar-refractivity contribution in [2.75, 3.05) is 19.1 Å². The van der Waals surface area contributed by atoms with E-state index in [1.807, 2.05) is 33.0 Å². The third-order valence-corrected chi connectivity index (χ3v) is 6.12. The molecule has 2 aromatic rings. The SMILES string of the molecule is COc1c(C(=O)NCc2c(C)cc(C)[nH]c2=O)cc(Cl)cc1N(C)C1CCCCC1. The molecule has 1 fully saturated rings. The maximum atomic E-state index is 13.0. The van der Waals surface area contributed by atoms with Crippen LogP contribution in [0.5, 0.6) is 5.75 Å². The van der Waals surface area contributed by atoms with Crippen molar-refractivity contribution in [1.82, 2.24) is 10.3 Å². The van der Waals surface area contributed by atoms with Crippen molar-refractivity contribution in [2.45, 2.75) is 58.5 Å². The molecule has 0 spiro atoms. The molecule has 0 atom stereocenters. The highest BCUT2D eigenvalue weighted by Gasteiger charge is 2.25. The van der Waals surface area contributed by atoms with Crippen molar-refractivity contribution in [1.29, 1.82) is 0 Å². The second-order valence-corrected chi connectivity index (χ2v) is 8.47. The minimum absolute atomic E-state index is 0.129. The lowest BCUT2D eigenvalue weighted by Gasteiger charge is -2.34. The molecule has 1 aliphatic rings. The van der Waals surface area contributed by atoms with Crippen LogP contribution in [-0.2, 0) is 6.54 Å². The number of aromatic amines is 1. The molecule has 3 rings (SSSR count). The molecule has 1 amide bonds. The van der Waals surface area contributed by atoms with E-state index >= 15 is 0 Å². The summed E-state index contributed by atoms with van der Waals surface area (Å²) in [5, 5.41) is 3.32. The summed E-state index contributed by atoms with van der Waals surface area (Å²) < 4.78 is 5.65. The number of H-pyrrole nitrogens is 1. The Labute approximate surface area is 182 Å². The number of aromatic nitrogens is 1. The normalized spacial score (nSPS) is 14.4. The minimum Gasteiger partial charge on any atom is -0.494 e. The summed E-state index contributed by atoms with van der Waals surface area (Å²) >= 11 is 6.37. The zero-order valence-electron chi connectivity index (χ0n) is 18.1. The van der Waals surface area contributed by atoms with E-state index in [0.29, 0.717) is 27.9 Å². The predicted molar refractivity (Wildman–Crippen MR) is 121 cm³/mol. The number of hydrogen-bond acceptors (Lipinski definition) is 4. The first kappa shape index (κ1) is 22.2. The Hall–Kier alpha value is -2.47. The first-order valence-corrected chi connectivity index (χ1v) is 10.8. The van der Waals surface area contributed by atoms with Crippen LogP contribution in [0, 0.1) is 13.8 Å². The van der Waals surface area contributed by atoms with Gasteiger partial charge in [0.15, 0.2) is 5.75 Å². The van der Waals surface area contributed by atoms with Gasteiger partial charge in [-0.3, -0.25) is 9.59 Å². The summed E-state index contributed by atoms with van der Waals surface area (Å²) in [4.78, 5) is 30.2. The first-order chi connectivity index (χ1) is 14.3. The molecule has 7 heteroatoms. The zero-order valence-corrected chi connectivity index (χ0v) is 18.9. The van der Waals surface area contributed by atoms with Crippen molar-refractivity contribution in [3.8, 4) is 5.75 Å². The van der Waals surface area contributed by atoms with Crippen molar-refractivity contribution < 1.29 is 9.53 Å². The van der Waals surface area contributed by atoms with E-state index in [9.17, 15) is 9.59 Å². The number of benzene rings is 1. The monoisotopic (exact) mass is 431 g/mol. The Bertz CT molecular complexity index is 980. The van der Waals surface area contributed by atoms with E-state index in [-0.39, 0.29) is 18.0 Å². The lowest BCUT2D eigenvalue weighted by Crippen LogP contribution is -2.34. The molecule has 1 saturated carbocycles. The summed E-state index contributed by atoms with van der Waals surface area (Å²) in [6.45, 7) is 3.82. The van der Waals surface area contributed by atoms with Gasteiger partial charge in [0.25, 0.3) is 11.5 Å². The van der Waals surface area contributed by atoms with Crippen molar-refractivity contribution >= 4 is 23.2 Å². The van der Waals surface area contributed by atoms with Crippen LogP contribution in [0.4, 0.5) is 5.69 Å². The van der Waals surface area contributed by atoms with Gasteiger partial charge in [-0.05, 0) is 50.5 Å². The molecule has 0 radical (unpaired) electrons. The third kappa shape index (κ3) is 4.81. The average Bonchev–Trinajstić information content (AvgIpc) is 2.72. The van der Waals surface area contributed by atoms with Gasteiger partial charge in [0.1, 0.15) is 0 Å². The Morgan fingerprint density at radius 3 is 2.57 bits per heavy atom. The van der Waals surface area contributed by atoms with Crippen LogP contribution in [0.3, 0.4) is 0 Å². The smallest absolute Gasteiger partial charge is 0.255 e. The topological polar surface area (TPSA) is 74.4 Å². The van der Waals surface area contributed by atoms with Crippen LogP contribution in [0.2, 0.25) is 5.02 Å². The quantitative estimate of drug-likeness (QED) is 0.712. The van der Waals surface area contributed by atoms with E-state index in [0.717, 1.165) is 29.8 Å². The number of anilines is 1. The number of hydrogen-bond donors (Lipinski definition) is 2. The lowest BCUT2D eigenvalue weighted by atomic mass is 9.94. The van der Waals surface area contributed by atoms with E-state index in [1.54, 1.807) is 13.2 Å². The number of ether oxygens (including phenoxy) is 1. The number of pyridine rings is 1. The maximum absolute atomic E-state index is 13.0. The fourth-order valence-electron chi connectivity index (χ4n) is 4.25. The number of carbonyl (C=O) groups excluding carboxylic acids is 1. The number of carbonyl (C=O) groups is 1. The molecular formula is C23H30ClN3O3. The van der Waals surface area contributed by atoms with Gasteiger partial charge in [-0.15, -0.1) is 0 Å². The molecule has 0 unspecified atom stereocenters. The van der Waals surface area contributed by atoms with Gasteiger partial charge in [-0.2, -0.15) is 0 Å². The summed E-state index contributed by atoms with van der Waals surface area (Å²) in [5.41, 5.74) is 3.15. The third-order valence-electron chi connectivity index (χ3n) is 5.90. The molecule has 6 nitrogen and oxygen atoms in total. The number of nitrogens with zero attached hydrogens (tertiary/aromatic N) is 1. The highest BCUT2D eigenvalue weighted by atomic mass is 35.5. The first-order valence-electron chi connectivity index (χ1n) is 10.4. The number of aryl methyl sites for hydroxylation is 2. The Kier molecular flexibility index (Phi) is 7.08. The van der Waals surface area contributed by atoms with E-state index in [1.165, 1.54) is 19.3 Å². The highest BCUT2D eigenvalue weighted by molar-refractivity contribution is 6.31. The Balaban J connectivity index is 1.87. The zero-order chi connectivity index (χ0) is 21.8. The largest absolute Gasteiger partial charge is 0.494 e.